The third-order valence-electron chi connectivity index (χ3n) is 4.28. The molecule has 1 saturated heterocycles. The van der Waals surface area contributed by atoms with E-state index in [0.29, 0.717) is 6.54 Å². The van der Waals surface area contributed by atoms with E-state index in [4.69, 9.17) is 0 Å². The Labute approximate surface area is 128 Å². The lowest BCUT2D eigenvalue weighted by Crippen LogP contribution is -2.62. The summed E-state index contributed by atoms with van der Waals surface area (Å²) in [7, 11) is 0. The molecule has 22 heavy (non-hydrogen) atoms. The number of aliphatic carboxylic acids is 2. The van der Waals surface area contributed by atoms with Crippen LogP contribution in [0.15, 0.2) is 30.3 Å². The molecule has 1 aromatic carbocycles. The van der Waals surface area contributed by atoms with Gasteiger partial charge in [-0.3, -0.25) is 19.3 Å². The Balaban J connectivity index is 2.35. The lowest BCUT2D eigenvalue weighted by molar-refractivity contribution is -0.172. The molecule has 0 saturated carbocycles. The molecule has 6 heteroatoms. The van der Waals surface area contributed by atoms with Gasteiger partial charge in [-0.15, -0.1) is 0 Å². The standard InChI is InChI=1S/C16H19NO5/c1-15(13(19)20)9-17(8-11-6-4-3-5-7-11)10-16(2,12(15)18)14(21)22/h3-7H,8-10H2,1-2H3,(H,19,20)(H,21,22). The Hall–Kier alpha value is -2.21. The Bertz CT molecular complexity index is 582. The Morgan fingerprint density at radius 2 is 1.50 bits per heavy atom. The number of hydrogen-bond acceptors (Lipinski definition) is 4. The SMILES string of the molecule is CC1(C(=O)O)CN(Cc2ccccc2)CC(C)(C(=O)O)C1=O. The molecule has 0 bridgehead atoms. The van der Waals surface area contributed by atoms with Crippen molar-refractivity contribution in [2.75, 3.05) is 13.1 Å². The van der Waals surface area contributed by atoms with Gasteiger partial charge in [-0.25, -0.2) is 0 Å². The van der Waals surface area contributed by atoms with E-state index in [2.05, 4.69) is 0 Å². The first-order valence-corrected chi connectivity index (χ1v) is 6.98. The van der Waals surface area contributed by atoms with Gasteiger partial charge in [-0.1, -0.05) is 30.3 Å². The minimum atomic E-state index is -1.72. The summed E-state index contributed by atoms with van der Waals surface area (Å²) in [5, 5.41) is 18.9. The molecular formula is C16H19NO5. The van der Waals surface area contributed by atoms with Crippen molar-refractivity contribution in [1.82, 2.24) is 4.90 Å². The topological polar surface area (TPSA) is 94.9 Å². The number of ketones is 1. The van der Waals surface area contributed by atoms with E-state index in [1.165, 1.54) is 13.8 Å². The predicted molar refractivity (Wildman–Crippen MR) is 78.2 cm³/mol. The maximum absolute atomic E-state index is 12.5. The Morgan fingerprint density at radius 1 is 1.05 bits per heavy atom. The normalized spacial score (nSPS) is 29.3. The van der Waals surface area contributed by atoms with E-state index < -0.39 is 28.6 Å². The average molecular weight is 305 g/mol. The predicted octanol–water partition coefficient (Wildman–Crippen LogP) is 1.25. The number of likely N-dealkylation sites (tertiary alicyclic amines) is 1. The molecule has 1 aromatic rings. The van der Waals surface area contributed by atoms with Crippen molar-refractivity contribution in [2.24, 2.45) is 10.8 Å². The van der Waals surface area contributed by atoms with E-state index in [0.717, 1.165) is 5.56 Å². The van der Waals surface area contributed by atoms with E-state index in [-0.39, 0.29) is 13.1 Å². The Morgan fingerprint density at radius 3 is 1.91 bits per heavy atom. The number of carboxylic acids is 2. The highest BCUT2D eigenvalue weighted by molar-refractivity contribution is 6.14. The zero-order valence-electron chi connectivity index (χ0n) is 12.6. The van der Waals surface area contributed by atoms with Gasteiger partial charge in [-0.2, -0.15) is 0 Å². The summed E-state index contributed by atoms with van der Waals surface area (Å²) in [6, 6.07) is 9.35. The molecule has 0 spiro atoms. The van der Waals surface area contributed by atoms with Crippen LogP contribution in [0.4, 0.5) is 0 Å². The third kappa shape index (κ3) is 2.62. The molecule has 1 aliphatic rings. The van der Waals surface area contributed by atoms with Crippen molar-refractivity contribution < 1.29 is 24.6 Å². The number of piperidine rings is 1. The molecule has 0 amide bonds. The maximum Gasteiger partial charge on any atom is 0.318 e. The van der Waals surface area contributed by atoms with Crippen LogP contribution < -0.4 is 0 Å². The fourth-order valence-electron chi connectivity index (χ4n) is 2.99. The van der Waals surface area contributed by atoms with Crippen molar-refractivity contribution in [3.8, 4) is 0 Å². The van der Waals surface area contributed by atoms with Gasteiger partial charge >= 0.3 is 11.9 Å². The summed E-state index contributed by atoms with van der Waals surface area (Å²) in [5.41, 5.74) is -2.50. The van der Waals surface area contributed by atoms with Crippen molar-refractivity contribution >= 4 is 17.7 Å². The van der Waals surface area contributed by atoms with E-state index in [1.54, 1.807) is 4.90 Å². The quantitative estimate of drug-likeness (QED) is 0.813. The number of nitrogens with zero attached hydrogens (tertiary/aromatic N) is 1. The number of Topliss-reactive ketones (excluding diaryl/α,β-unsaturated/α-hetero) is 1. The molecule has 2 N–H and O–H groups in total. The zero-order chi connectivity index (χ0) is 16.5. The molecule has 0 aliphatic carbocycles. The van der Waals surface area contributed by atoms with Crippen LogP contribution in [0.25, 0.3) is 0 Å². The summed E-state index contributed by atoms with van der Waals surface area (Å²) < 4.78 is 0. The highest BCUT2D eigenvalue weighted by Crippen LogP contribution is 2.38. The van der Waals surface area contributed by atoms with Gasteiger partial charge in [-0.05, 0) is 19.4 Å². The molecule has 1 aliphatic heterocycles. The summed E-state index contributed by atoms with van der Waals surface area (Å²) in [5.74, 6) is -3.32. The second-order valence-electron chi connectivity index (χ2n) is 6.23. The van der Waals surface area contributed by atoms with Crippen LogP contribution >= 0.6 is 0 Å². The average Bonchev–Trinajstić information content (AvgIpc) is 2.45. The van der Waals surface area contributed by atoms with Crippen molar-refractivity contribution in [1.29, 1.82) is 0 Å². The van der Waals surface area contributed by atoms with Crippen LogP contribution in [-0.4, -0.2) is 45.9 Å². The molecule has 2 unspecified atom stereocenters. The van der Waals surface area contributed by atoms with Crippen molar-refractivity contribution in [3.05, 3.63) is 35.9 Å². The smallest absolute Gasteiger partial charge is 0.318 e. The van der Waals surface area contributed by atoms with Crippen LogP contribution in [0.3, 0.4) is 0 Å². The van der Waals surface area contributed by atoms with E-state index >= 15 is 0 Å². The van der Waals surface area contributed by atoms with Crippen molar-refractivity contribution in [2.45, 2.75) is 20.4 Å². The number of rotatable bonds is 4. The van der Waals surface area contributed by atoms with Crippen molar-refractivity contribution in [3.63, 3.8) is 0 Å². The molecule has 118 valence electrons. The first kappa shape index (κ1) is 16.2. The van der Waals surface area contributed by atoms with Crippen LogP contribution in [-0.2, 0) is 20.9 Å². The lowest BCUT2D eigenvalue weighted by Gasteiger charge is -2.44. The summed E-state index contributed by atoms with van der Waals surface area (Å²) in [6.45, 7) is 3.00. The number of benzene rings is 1. The van der Waals surface area contributed by atoms with Gasteiger partial charge in [0, 0.05) is 19.6 Å². The molecule has 1 heterocycles. The molecule has 2 atom stereocenters. The van der Waals surface area contributed by atoms with E-state index in [1.807, 2.05) is 30.3 Å². The number of hydrogen-bond donors (Lipinski definition) is 2. The Kier molecular flexibility index (Phi) is 4.06. The van der Waals surface area contributed by atoms with E-state index in [9.17, 15) is 24.6 Å². The van der Waals surface area contributed by atoms with Gasteiger partial charge in [0.1, 0.15) is 10.8 Å². The molecule has 6 nitrogen and oxygen atoms in total. The third-order valence-corrected chi connectivity index (χ3v) is 4.28. The molecule has 2 rings (SSSR count). The van der Waals surface area contributed by atoms with Crippen LogP contribution in [0.5, 0.6) is 0 Å². The highest BCUT2D eigenvalue weighted by Gasteiger charge is 2.58. The number of carboxylic acid groups (broad SMARTS) is 2. The first-order chi connectivity index (χ1) is 10.2. The molecule has 1 fully saturated rings. The first-order valence-electron chi connectivity index (χ1n) is 6.98. The summed E-state index contributed by atoms with van der Waals surface area (Å²) >= 11 is 0. The fourth-order valence-corrected chi connectivity index (χ4v) is 2.99. The zero-order valence-corrected chi connectivity index (χ0v) is 12.6. The van der Waals surface area contributed by atoms with Gasteiger partial charge in [0.05, 0.1) is 0 Å². The molecular weight excluding hydrogens is 286 g/mol. The van der Waals surface area contributed by atoms with Crippen LogP contribution in [0.2, 0.25) is 0 Å². The second kappa shape index (κ2) is 5.53. The van der Waals surface area contributed by atoms with Gasteiger partial charge in [0.25, 0.3) is 0 Å². The fraction of sp³-hybridized carbons (Fsp3) is 0.438. The lowest BCUT2D eigenvalue weighted by atomic mass is 9.67. The maximum atomic E-state index is 12.5. The molecule has 0 radical (unpaired) electrons. The van der Waals surface area contributed by atoms with Gasteiger partial charge in [0.2, 0.25) is 0 Å². The van der Waals surface area contributed by atoms with Crippen LogP contribution in [0, 0.1) is 10.8 Å². The monoisotopic (exact) mass is 305 g/mol. The van der Waals surface area contributed by atoms with Crippen LogP contribution in [0.1, 0.15) is 19.4 Å². The second-order valence-corrected chi connectivity index (χ2v) is 6.23. The summed E-state index contributed by atoms with van der Waals surface area (Å²) in [4.78, 5) is 37.3. The number of carbonyl (C=O) groups is 3. The minimum Gasteiger partial charge on any atom is -0.480 e. The van der Waals surface area contributed by atoms with Gasteiger partial charge in [0.15, 0.2) is 5.78 Å². The van der Waals surface area contributed by atoms with Gasteiger partial charge < -0.3 is 10.2 Å². The summed E-state index contributed by atoms with van der Waals surface area (Å²) in [6.07, 6.45) is 0. The largest absolute Gasteiger partial charge is 0.480 e. The molecule has 0 aromatic heterocycles. The minimum absolute atomic E-state index is 0.00106. The number of carbonyl (C=O) groups excluding carboxylic acids is 1. The highest BCUT2D eigenvalue weighted by atomic mass is 16.4.